The summed E-state index contributed by atoms with van der Waals surface area (Å²) in [5, 5.41) is 4.28. The number of thiophene rings is 1. The average molecular weight is 383 g/mol. The number of hydrogen-bond donors (Lipinski definition) is 1. The lowest BCUT2D eigenvalue weighted by molar-refractivity contribution is -0.131. The molecule has 1 fully saturated rings. The third kappa shape index (κ3) is 2.86. The molecule has 3 rings (SSSR count). The van der Waals surface area contributed by atoms with E-state index in [9.17, 15) is 18.0 Å². The summed E-state index contributed by atoms with van der Waals surface area (Å²) in [5.41, 5.74) is -1.13. The normalized spacial score (nSPS) is 21.2. The molecular formula is C15H17N3O5S2. The standard InChI is InChI=1S/C15H17N3O5S2/c1-15(11-5-4-8-24-11)13(19)18(14(20)16-15)9-10-6-7-12(23-10)25(21,22)17(2)3/h4-8H,9H2,1-3H3,(H,16,20). The van der Waals surface area contributed by atoms with E-state index in [1.165, 1.54) is 37.6 Å². The molecule has 1 atom stereocenters. The molecule has 0 radical (unpaired) electrons. The van der Waals surface area contributed by atoms with E-state index in [1.807, 2.05) is 5.38 Å². The van der Waals surface area contributed by atoms with Gasteiger partial charge >= 0.3 is 6.03 Å². The van der Waals surface area contributed by atoms with Crippen LogP contribution in [0.3, 0.4) is 0 Å². The van der Waals surface area contributed by atoms with Gasteiger partial charge in [-0.25, -0.2) is 17.5 Å². The number of hydrogen-bond acceptors (Lipinski definition) is 6. The van der Waals surface area contributed by atoms with Gasteiger partial charge in [0.2, 0.25) is 5.09 Å². The van der Waals surface area contributed by atoms with Crippen molar-refractivity contribution in [1.82, 2.24) is 14.5 Å². The number of sulfonamides is 1. The van der Waals surface area contributed by atoms with Crippen molar-refractivity contribution in [2.45, 2.75) is 24.1 Å². The second-order valence-electron chi connectivity index (χ2n) is 5.93. The maximum Gasteiger partial charge on any atom is 0.325 e. The lowest BCUT2D eigenvalue weighted by atomic mass is 10.0. The summed E-state index contributed by atoms with van der Waals surface area (Å²) in [4.78, 5) is 26.7. The van der Waals surface area contributed by atoms with E-state index in [1.54, 1.807) is 19.1 Å². The monoisotopic (exact) mass is 383 g/mol. The van der Waals surface area contributed by atoms with E-state index in [0.29, 0.717) is 0 Å². The van der Waals surface area contributed by atoms with E-state index in [4.69, 9.17) is 4.42 Å². The number of carbonyl (C=O) groups excluding carboxylic acids is 2. The molecule has 1 aliphatic heterocycles. The van der Waals surface area contributed by atoms with Gasteiger partial charge < -0.3 is 9.73 Å². The molecule has 25 heavy (non-hydrogen) atoms. The highest BCUT2D eigenvalue weighted by molar-refractivity contribution is 7.88. The summed E-state index contributed by atoms with van der Waals surface area (Å²) < 4.78 is 30.4. The minimum absolute atomic E-state index is 0.144. The molecule has 0 aliphatic carbocycles. The smallest absolute Gasteiger partial charge is 0.325 e. The van der Waals surface area contributed by atoms with Crippen molar-refractivity contribution in [1.29, 1.82) is 0 Å². The van der Waals surface area contributed by atoms with Gasteiger partial charge in [0.05, 0.1) is 6.54 Å². The van der Waals surface area contributed by atoms with Gasteiger partial charge in [0.25, 0.3) is 15.9 Å². The highest BCUT2D eigenvalue weighted by Gasteiger charge is 2.49. The Morgan fingerprint density at radius 1 is 1.28 bits per heavy atom. The minimum atomic E-state index is -3.71. The van der Waals surface area contributed by atoms with Crippen LogP contribution in [0, 0.1) is 0 Å². The Balaban J connectivity index is 1.84. The van der Waals surface area contributed by atoms with Crippen LogP contribution in [-0.2, 0) is 26.9 Å². The second kappa shape index (κ2) is 5.97. The fourth-order valence-corrected chi connectivity index (χ4v) is 4.14. The molecule has 0 aromatic carbocycles. The predicted molar refractivity (Wildman–Crippen MR) is 90.3 cm³/mol. The molecule has 0 saturated carbocycles. The molecule has 3 heterocycles. The van der Waals surface area contributed by atoms with E-state index in [-0.39, 0.29) is 17.4 Å². The molecule has 1 aliphatic rings. The quantitative estimate of drug-likeness (QED) is 0.790. The van der Waals surface area contributed by atoms with Crippen molar-refractivity contribution in [3.8, 4) is 0 Å². The summed E-state index contributed by atoms with van der Waals surface area (Å²) in [6.45, 7) is 1.50. The number of nitrogens with one attached hydrogen (secondary N) is 1. The molecule has 8 nitrogen and oxygen atoms in total. The van der Waals surface area contributed by atoms with E-state index in [2.05, 4.69) is 5.32 Å². The fourth-order valence-electron chi connectivity index (χ4n) is 2.49. The number of nitrogens with zero attached hydrogens (tertiary/aromatic N) is 2. The molecule has 2 aromatic rings. The topological polar surface area (TPSA) is 99.9 Å². The van der Waals surface area contributed by atoms with Crippen LogP contribution in [0.2, 0.25) is 0 Å². The summed E-state index contributed by atoms with van der Waals surface area (Å²) in [5.74, 6) is -0.201. The third-order valence-corrected chi connectivity index (χ3v) is 6.76. The number of imide groups is 1. The molecule has 1 N–H and O–H groups in total. The maximum absolute atomic E-state index is 12.7. The molecule has 0 bridgehead atoms. The second-order valence-corrected chi connectivity index (χ2v) is 8.96. The van der Waals surface area contributed by atoms with Crippen LogP contribution in [0.25, 0.3) is 0 Å². The van der Waals surface area contributed by atoms with Gasteiger partial charge in [-0.05, 0) is 30.5 Å². The van der Waals surface area contributed by atoms with Crippen molar-refractivity contribution in [3.05, 3.63) is 40.3 Å². The van der Waals surface area contributed by atoms with Crippen LogP contribution in [0.5, 0.6) is 0 Å². The fraction of sp³-hybridized carbons (Fsp3) is 0.333. The highest BCUT2D eigenvalue weighted by atomic mass is 32.2. The molecule has 10 heteroatoms. The maximum atomic E-state index is 12.7. The lowest BCUT2D eigenvalue weighted by Crippen LogP contribution is -2.40. The predicted octanol–water partition coefficient (Wildman–Crippen LogP) is 1.56. The molecule has 0 spiro atoms. The first-order chi connectivity index (χ1) is 11.7. The van der Waals surface area contributed by atoms with Gasteiger partial charge in [-0.1, -0.05) is 6.07 Å². The zero-order valence-corrected chi connectivity index (χ0v) is 15.5. The SMILES string of the molecule is CN(C)S(=O)(=O)c1ccc(CN2C(=O)NC(C)(c3cccs3)C2=O)o1. The van der Waals surface area contributed by atoms with E-state index < -0.39 is 27.5 Å². The van der Waals surface area contributed by atoms with Crippen molar-refractivity contribution in [2.75, 3.05) is 14.1 Å². The van der Waals surface area contributed by atoms with E-state index in [0.717, 1.165) is 14.1 Å². The molecule has 1 saturated heterocycles. The highest BCUT2D eigenvalue weighted by Crippen LogP contribution is 2.32. The first-order valence-electron chi connectivity index (χ1n) is 7.35. The molecule has 1 unspecified atom stereocenters. The van der Waals surface area contributed by atoms with Crippen LogP contribution in [-0.4, -0.2) is 43.7 Å². The summed E-state index contributed by atoms with van der Waals surface area (Å²) >= 11 is 1.37. The number of furan rings is 1. The number of amides is 3. The summed E-state index contributed by atoms with van der Waals surface area (Å²) in [6.07, 6.45) is 0. The third-order valence-electron chi connectivity index (χ3n) is 3.97. The first-order valence-corrected chi connectivity index (χ1v) is 9.67. The Hall–Kier alpha value is -2.17. The van der Waals surface area contributed by atoms with Crippen molar-refractivity contribution < 1.29 is 22.4 Å². The number of rotatable bonds is 5. The van der Waals surface area contributed by atoms with Gasteiger partial charge in [0.1, 0.15) is 5.76 Å². The van der Waals surface area contributed by atoms with E-state index >= 15 is 0 Å². The summed E-state index contributed by atoms with van der Waals surface area (Å²) in [6, 6.07) is 5.79. The largest absolute Gasteiger partial charge is 0.446 e. The Morgan fingerprint density at radius 2 is 2.00 bits per heavy atom. The van der Waals surface area contributed by atoms with Crippen LogP contribution < -0.4 is 5.32 Å². The van der Waals surface area contributed by atoms with Crippen LogP contribution in [0.4, 0.5) is 4.79 Å². The molecular weight excluding hydrogens is 366 g/mol. The number of urea groups is 1. The van der Waals surface area contributed by atoms with Gasteiger partial charge in [-0.15, -0.1) is 11.3 Å². The van der Waals surface area contributed by atoms with Gasteiger partial charge in [-0.3, -0.25) is 9.69 Å². The Morgan fingerprint density at radius 3 is 2.60 bits per heavy atom. The van der Waals surface area contributed by atoms with Gasteiger partial charge in [0, 0.05) is 19.0 Å². The van der Waals surface area contributed by atoms with Crippen molar-refractivity contribution in [3.63, 3.8) is 0 Å². The molecule has 2 aromatic heterocycles. The Labute approximate surface area is 149 Å². The zero-order valence-electron chi connectivity index (χ0n) is 13.8. The summed E-state index contributed by atoms with van der Waals surface area (Å²) in [7, 11) is -0.930. The Bertz CT molecular complexity index is 917. The van der Waals surface area contributed by atoms with Crippen molar-refractivity contribution in [2.24, 2.45) is 0 Å². The number of carbonyl (C=O) groups is 2. The van der Waals surface area contributed by atoms with Gasteiger partial charge in [0.15, 0.2) is 5.54 Å². The van der Waals surface area contributed by atoms with Gasteiger partial charge in [-0.2, -0.15) is 0 Å². The van der Waals surface area contributed by atoms with Crippen LogP contribution >= 0.6 is 11.3 Å². The van der Waals surface area contributed by atoms with Crippen LogP contribution in [0.15, 0.2) is 39.2 Å². The average Bonchev–Trinajstić information content (AvgIpc) is 3.26. The van der Waals surface area contributed by atoms with Crippen LogP contribution in [0.1, 0.15) is 17.6 Å². The minimum Gasteiger partial charge on any atom is -0.446 e. The lowest BCUT2D eigenvalue weighted by Gasteiger charge is -2.19. The molecule has 134 valence electrons. The molecule has 3 amide bonds. The first kappa shape index (κ1) is 17.6. The zero-order chi connectivity index (χ0) is 18.4. The van der Waals surface area contributed by atoms with Crippen molar-refractivity contribution >= 4 is 33.3 Å². The Kier molecular flexibility index (Phi) is 4.21.